The number of carbonyl (C=O) groups is 1. The van der Waals surface area contributed by atoms with E-state index in [9.17, 15) is 14.4 Å². The predicted octanol–water partition coefficient (Wildman–Crippen LogP) is 6.37. The van der Waals surface area contributed by atoms with E-state index in [1.54, 1.807) is 24.3 Å². The molecule has 0 aliphatic rings. The van der Waals surface area contributed by atoms with Crippen molar-refractivity contribution in [2.24, 2.45) is 0 Å². The molecule has 162 valence electrons. The lowest BCUT2D eigenvalue weighted by Crippen LogP contribution is -2.14. The molecule has 0 saturated carbocycles. The van der Waals surface area contributed by atoms with Gasteiger partial charge in [0, 0.05) is 10.6 Å². The lowest BCUT2D eigenvalue weighted by Gasteiger charge is -2.14. The lowest BCUT2D eigenvalue weighted by atomic mass is 10.1. The molecule has 3 rings (SSSR count). The lowest BCUT2D eigenvalue weighted by molar-refractivity contribution is -0.112. The number of nitriles is 1. The van der Waals surface area contributed by atoms with E-state index >= 15 is 0 Å². The molecule has 0 aliphatic carbocycles. The molecule has 0 unspecified atom stereocenters. The van der Waals surface area contributed by atoms with E-state index in [-0.39, 0.29) is 17.9 Å². The van der Waals surface area contributed by atoms with Crippen molar-refractivity contribution in [3.8, 4) is 17.6 Å². The van der Waals surface area contributed by atoms with Gasteiger partial charge in [-0.15, -0.1) is 0 Å². The van der Waals surface area contributed by atoms with Crippen LogP contribution < -0.4 is 14.8 Å². The second-order valence-electron chi connectivity index (χ2n) is 6.52. The number of carbonyl (C=O) groups excluding carboxylic acids is 1. The zero-order valence-corrected chi connectivity index (χ0v) is 19.2. The molecule has 3 aromatic rings. The second kappa shape index (κ2) is 10.8. The van der Waals surface area contributed by atoms with Crippen molar-refractivity contribution in [1.82, 2.24) is 0 Å². The molecule has 0 atom stereocenters. The van der Waals surface area contributed by atoms with Crippen molar-refractivity contribution >= 4 is 45.2 Å². The maximum absolute atomic E-state index is 13.8. The molecular formula is C24H17BrClFN2O3. The van der Waals surface area contributed by atoms with Crippen LogP contribution in [0, 0.1) is 17.1 Å². The van der Waals surface area contributed by atoms with Crippen LogP contribution in [0.4, 0.5) is 10.1 Å². The van der Waals surface area contributed by atoms with Crippen LogP contribution in [0.3, 0.4) is 0 Å². The summed E-state index contributed by atoms with van der Waals surface area (Å²) in [7, 11) is 1.48. The first-order valence-corrected chi connectivity index (χ1v) is 10.5. The zero-order chi connectivity index (χ0) is 23.1. The summed E-state index contributed by atoms with van der Waals surface area (Å²) in [5.74, 6) is -0.488. The largest absolute Gasteiger partial charge is 0.493 e. The first-order chi connectivity index (χ1) is 15.4. The van der Waals surface area contributed by atoms with E-state index in [0.29, 0.717) is 26.6 Å². The highest BCUT2D eigenvalue weighted by Crippen LogP contribution is 2.38. The monoisotopic (exact) mass is 514 g/mol. The van der Waals surface area contributed by atoms with Crippen molar-refractivity contribution in [2.75, 3.05) is 12.4 Å². The van der Waals surface area contributed by atoms with Gasteiger partial charge in [-0.3, -0.25) is 4.79 Å². The van der Waals surface area contributed by atoms with Gasteiger partial charge in [0.25, 0.3) is 5.91 Å². The van der Waals surface area contributed by atoms with Crippen LogP contribution in [0.2, 0.25) is 5.02 Å². The molecule has 0 fully saturated rings. The van der Waals surface area contributed by atoms with Crippen LogP contribution in [0.5, 0.6) is 11.5 Å². The van der Waals surface area contributed by atoms with E-state index < -0.39 is 11.7 Å². The van der Waals surface area contributed by atoms with Crippen molar-refractivity contribution in [2.45, 2.75) is 6.61 Å². The Morgan fingerprint density at radius 2 is 1.94 bits per heavy atom. The fourth-order valence-electron chi connectivity index (χ4n) is 2.80. The Morgan fingerprint density at radius 1 is 1.22 bits per heavy atom. The summed E-state index contributed by atoms with van der Waals surface area (Å²) in [4.78, 5) is 12.4. The third kappa shape index (κ3) is 5.67. The van der Waals surface area contributed by atoms with Crippen LogP contribution >= 0.6 is 27.5 Å². The number of nitrogens with one attached hydrogen (secondary N) is 1. The maximum atomic E-state index is 13.8. The number of amides is 1. The quantitative estimate of drug-likeness (QED) is 0.293. The highest BCUT2D eigenvalue weighted by molar-refractivity contribution is 9.10. The number of hydrogen-bond donors (Lipinski definition) is 1. The van der Waals surface area contributed by atoms with E-state index in [2.05, 4.69) is 21.2 Å². The van der Waals surface area contributed by atoms with Gasteiger partial charge in [-0.1, -0.05) is 41.9 Å². The van der Waals surface area contributed by atoms with Crippen LogP contribution in [0.15, 0.2) is 70.7 Å². The Balaban J connectivity index is 1.84. The van der Waals surface area contributed by atoms with Gasteiger partial charge in [0.1, 0.15) is 24.1 Å². The molecular weight excluding hydrogens is 499 g/mol. The van der Waals surface area contributed by atoms with Crippen LogP contribution in [-0.4, -0.2) is 13.0 Å². The Morgan fingerprint density at radius 3 is 2.62 bits per heavy atom. The SMILES string of the molecule is COc1cc(/C=C(\C#N)C(=O)Nc2ccccc2F)cc(Br)c1OCc1ccccc1Cl. The van der Waals surface area contributed by atoms with Crippen LogP contribution in [0.25, 0.3) is 6.08 Å². The topological polar surface area (TPSA) is 71.3 Å². The number of rotatable bonds is 7. The molecule has 32 heavy (non-hydrogen) atoms. The number of methoxy groups -OCH3 is 1. The number of benzene rings is 3. The summed E-state index contributed by atoms with van der Waals surface area (Å²) in [5, 5.41) is 12.4. The number of anilines is 1. The third-order valence-electron chi connectivity index (χ3n) is 4.38. The predicted molar refractivity (Wildman–Crippen MR) is 125 cm³/mol. The normalized spacial score (nSPS) is 10.9. The van der Waals surface area contributed by atoms with Gasteiger partial charge in [0.15, 0.2) is 11.5 Å². The van der Waals surface area contributed by atoms with Crippen molar-refractivity contribution < 1.29 is 18.7 Å². The summed E-state index contributed by atoms with van der Waals surface area (Å²) in [6.45, 7) is 0.221. The molecule has 1 N–H and O–H groups in total. The first kappa shape index (κ1) is 23.3. The summed E-state index contributed by atoms with van der Waals surface area (Å²) in [5.41, 5.74) is 1.11. The second-order valence-corrected chi connectivity index (χ2v) is 7.78. The molecule has 5 nitrogen and oxygen atoms in total. The van der Waals surface area contributed by atoms with Gasteiger partial charge < -0.3 is 14.8 Å². The molecule has 1 amide bonds. The van der Waals surface area contributed by atoms with Crippen molar-refractivity contribution in [3.63, 3.8) is 0 Å². The Kier molecular flexibility index (Phi) is 7.87. The van der Waals surface area contributed by atoms with Crippen LogP contribution in [-0.2, 0) is 11.4 Å². The smallest absolute Gasteiger partial charge is 0.266 e. The highest BCUT2D eigenvalue weighted by Gasteiger charge is 2.15. The van der Waals surface area contributed by atoms with E-state index in [1.165, 1.54) is 31.4 Å². The Labute approximate surface area is 198 Å². The molecule has 0 aromatic heterocycles. The minimum atomic E-state index is -0.730. The van der Waals surface area contributed by atoms with E-state index in [4.69, 9.17) is 21.1 Å². The minimum Gasteiger partial charge on any atom is -0.493 e. The molecule has 3 aromatic carbocycles. The van der Waals surface area contributed by atoms with Gasteiger partial charge >= 0.3 is 0 Å². The van der Waals surface area contributed by atoms with Gasteiger partial charge in [-0.05, 0) is 57.9 Å². The fourth-order valence-corrected chi connectivity index (χ4v) is 3.56. The average Bonchev–Trinajstić information content (AvgIpc) is 2.78. The Hall–Kier alpha value is -3.34. The standard InChI is InChI=1S/C24H17BrClFN2O3/c1-31-22-12-15(10-17(13-28)24(30)29-21-9-5-4-8-20(21)27)11-18(25)23(22)32-14-16-6-2-3-7-19(16)26/h2-12H,14H2,1H3,(H,29,30)/b17-10+. The van der Waals surface area contributed by atoms with Crippen molar-refractivity contribution in [1.29, 1.82) is 5.26 Å². The van der Waals surface area contributed by atoms with Crippen LogP contribution in [0.1, 0.15) is 11.1 Å². The minimum absolute atomic E-state index is 0.0132. The first-order valence-electron chi connectivity index (χ1n) is 9.34. The molecule has 0 aliphatic heterocycles. The third-order valence-corrected chi connectivity index (χ3v) is 5.34. The number of nitrogens with zero attached hydrogens (tertiary/aromatic N) is 1. The summed E-state index contributed by atoms with van der Waals surface area (Å²) >= 11 is 9.62. The molecule has 0 heterocycles. The van der Waals surface area contributed by atoms with Crippen molar-refractivity contribution in [3.05, 3.63) is 92.7 Å². The molecule has 0 bridgehead atoms. The summed E-state index contributed by atoms with van der Waals surface area (Å²) in [6.07, 6.45) is 1.38. The maximum Gasteiger partial charge on any atom is 0.266 e. The zero-order valence-electron chi connectivity index (χ0n) is 16.9. The average molecular weight is 516 g/mol. The molecule has 0 radical (unpaired) electrons. The summed E-state index contributed by atoms with van der Waals surface area (Å²) in [6, 6.07) is 18.2. The number of ether oxygens (including phenoxy) is 2. The van der Waals surface area contributed by atoms with Gasteiger partial charge in [0.2, 0.25) is 0 Å². The molecule has 0 saturated heterocycles. The van der Waals surface area contributed by atoms with E-state index in [0.717, 1.165) is 5.56 Å². The molecule has 8 heteroatoms. The highest BCUT2D eigenvalue weighted by atomic mass is 79.9. The Bertz CT molecular complexity index is 1220. The number of hydrogen-bond acceptors (Lipinski definition) is 4. The van der Waals surface area contributed by atoms with E-state index in [1.807, 2.05) is 24.3 Å². The summed E-state index contributed by atoms with van der Waals surface area (Å²) < 4.78 is 25.7. The number of halogens is 3. The fraction of sp³-hybridized carbons (Fsp3) is 0.0833. The van der Waals surface area contributed by atoms with Gasteiger partial charge in [-0.25, -0.2) is 4.39 Å². The number of para-hydroxylation sites is 1. The van der Waals surface area contributed by atoms with Gasteiger partial charge in [0.05, 0.1) is 17.3 Å². The molecule has 0 spiro atoms. The van der Waals surface area contributed by atoms with Gasteiger partial charge in [-0.2, -0.15) is 5.26 Å².